The van der Waals surface area contributed by atoms with Gasteiger partial charge in [-0.1, -0.05) is 30.7 Å². The fraction of sp³-hybridized carbons (Fsp3) is 0.490. The van der Waals surface area contributed by atoms with Gasteiger partial charge >= 0.3 is 5.76 Å². The molecule has 3 amide bonds. The number of amides is 3. The molecule has 0 bridgehead atoms. The van der Waals surface area contributed by atoms with E-state index in [0.717, 1.165) is 95.6 Å². The number of hydrogen-bond donors (Lipinski definition) is 2. The fourth-order valence-corrected chi connectivity index (χ4v) is 11.2. The van der Waals surface area contributed by atoms with Crippen molar-refractivity contribution in [2.45, 2.75) is 101 Å². The number of oxazole rings is 1. The van der Waals surface area contributed by atoms with Crippen molar-refractivity contribution in [1.82, 2.24) is 34.2 Å². The lowest BCUT2D eigenvalue weighted by atomic mass is 9.71. The monoisotopic (exact) mass is 870 g/mol. The molecule has 14 nitrogen and oxygen atoms in total. The Morgan fingerprint density at radius 3 is 2.52 bits per heavy atom. The zero-order valence-corrected chi connectivity index (χ0v) is 36.1. The number of hydrogen-bond acceptors (Lipinski definition) is 10. The molecule has 0 spiro atoms. The van der Waals surface area contributed by atoms with Crippen molar-refractivity contribution in [2.75, 3.05) is 38.0 Å². The second-order valence-corrected chi connectivity index (χ2v) is 18.8. The Kier molecular flexibility index (Phi) is 11.5. The first-order chi connectivity index (χ1) is 31.1. The minimum absolute atomic E-state index is 0.00897. The van der Waals surface area contributed by atoms with Gasteiger partial charge in [-0.2, -0.15) is 0 Å². The Balaban J connectivity index is 0.715. The van der Waals surface area contributed by atoms with Crippen LogP contribution in [0.2, 0.25) is 0 Å². The van der Waals surface area contributed by atoms with Gasteiger partial charge in [0.2, 0.25) is 23.7 Å². The van der Waals surface area contributed by atoms with Crippen LogP contribution in [0.3, 0.4) is 0 Å². The van der Waals surface area contributed by atoms with Gasteiger partial charge in [-0.05, 0) is 143 Å². The first-order valence-electron chi connectivity index (χ1n) is 23.2. The van der Waals surface area contributed by atoms with Crippen LogP contribution in [0, 0.1) is 23.1 Å². The van der Waals surface area contributed by atoms with Crippen molar-refractivity contribution < 1.29 is 23.2 Å². The van der Waals surface area contributed by atoms with E-state index in [2.05, 4.69) is 36.5 Å². The minimum atomic E-state index is -0.755. The molecule has 5 fully saturated rings. The number of imide groups is 1. The molecule has 5 aromatic rings. The summed E-state index contributed by atoms with van der Waals surface area (Å²) in [5.41, 5.74) is 3.59. The fourth-order valence-electron chi connectivity index (χ4n) is 11.2. The van der Waals surface area contributed by atoms with E-state index in [-0.39, 0.29) is 53.3 Å². The Hall–Kier alpha value is -5.96. The van der Waals surface area contributed by atoms with Crippen LogP contribution in [0.5, 0.6) is 0 Å². The van der Waals surface area contributed by atoms with Gasteiger partial charge in [0.1, 0.15) is 11.7 Å². The normalized spacial score (nSPS) is 23.3. The Morgan fingerprint density at radius 1 is 0.906 bits per heavy atom. The van der Waals surface area contributed by atoms with Gasteiger partial charge < -0.3 is 19.5 Å². The summed E-state index contributed by atoms with van der Waals surface area (Å²) in [6.45, 7) is 4.66. The van der Waals surface area contributed by atoms with E-state index >= 15 is 4.39 Å². The lowest BCUT2D eigenvalue weighted by Gasteiger charge is -2.45. The zero-order valence-electron chi connectivity index (χ0n) is 36.1. The molecule has 2 aromatic carbocycles. The van der Waals surface area contributed by atoms with Crippen molar-refractivity contribution in [3.05, 3.63) is 105 Å². The highest BCUT2D eigenvalue weighted by atomic mass is 19.1. The SMILES string of the molecule is O=C1CCC(n2c(=O)oc3cc(C4CCN(CCC5(C6CC6)CCN(C(=O)C6CCCC(Nc7ncc(F)c(-c8cccc(-n9ccccc9=O)c8)n7)C6)CC5)CC4)ccc32)C(=O)N1. The first-order valence-corrected chi connectivity index (χ1v) is 23.2. The van der Waals surface area contributed by atoms with E-state index in [9.17, 15) is 24.0 Å². The van der Waals surface area contributed by atoms with Crippen molar-refractivity contribution in [3.63, 3.8) is 0 Å². The number of nitrogens with zero attached hydrogens (tertiary/aromatic N) is 6. The quantitative estimate of drug-likeness (QED) is 0.139. The first kappa shape index (κ1) is 42.0. The van der Waals surface area contributed by atoms with Gasteiger partial charge in [0, 0.05) is 55.0 Å². The summed E-state index contributed by atoms with van der Waals surface area (Å²) < 4.78 is 23.7. The summed E-state index contributed by atoms with van der Waals surface area (Å²) in [6.07, 6.45) is 14.5. The summed E-state index contributed by atoms with van der Waals surface area (Å²) in [5.74, 6) is -0.342. The van der Waals surface area contributed by atoms with Crippen LogP contribution in [0.15, 0.2) is 87.1 Å². The molecule has 3 aliphatic heterocycles. The molecule has 6 heterocycles. The third-order valence-electron chi connectivity index (χ3n) is 15.0. The number of piperidine rings is 3. The number of carbonyl (C=O) groups excluding carboxylic acids is 3. The highest BCUT2D eigenvalue weighted by molar-refractivity contribution is 6.00. The second-order valence-electron chi connectivity index (χ2n) is 18.8. The van der Waals surface area contributed by atoms with E-state index in [1.165, 1.54) is 34.2 Å². The molecule has 64 heavy (non-hydrogen) atoms. The zero-order chi connectivity index (χ0) is 44.0. The molecular weight excluding hydrogens is 816 g/mol. The van der Waals surface area contributed by atoms with Crippen LogP contribution in [-0.4, -0.2) is 85.4 Å². The summed E-state index contributed by atoms with van der Waals surface area (Å²) in [6, 6.07) is 17.1. The highest BCUT2D eigenvalue weighted by Gasteiger charge is 2.47. The largest absolute Gasteiger partial charge is 0.420 e. The molecule has 334 valence electrons. The maximum absolute atomic E-state index is 15.2. The molecule has 15 heteroatoms. The number of likely N-dealkylation sites (tertiary alicyclic amines) is 2. The molecule has 0 radical (unpaired) electrons. The highest BCUT2D eigenvalue weighted by Crippen LogP contribution is 2.54. The van der Waals surface area contributed by atoms with Gasteiger partial charge in [-0.15, -0.1) is 0 Å². The molecule has 2 N–H and O–H groups in total. The summed E-state index contributed by atoms with van der Waals surface area (Å²) >= 11 is 0. The van der Waals surface area contributed by atoms with E-state index in [0.29, 0.717) is 40.6 Å². The standard InChI is InChI=1S/C49H55FN8O6/c50-38-30-51-47(54-44(38)33-5-4-8-37(28-33)57-21-2-1-9-43(57)60)52-36-7-3-6-34(27-36)46(62)56-25-19-49(20-26-56,35-11-12-35)18-24-55-22-16-31(17-23-55)32-10-13-39-41(29-32)64-48(63)58(39)40-14-15-42(59)53-45(40)61/h1-2,4-5,8-10,13,21,28-31,34-36,40H,3,6-7,11-12,14-20,22-27H2,(H,51,52,54)(H,53,59,61). The third kappa shape index (κ3) is 8.53. The molecule has 10 rings (SSSR count). The van der Waals surface area contributed by atoms with Gasteiger partial charge in [0.15, 0.2) is 11.4 Å². The van der Waals surface area contributed by atoms with Crippen LogP contribution >= 0.6 is 0 Å². The van der Waals surface area contributed by atoms with Crippen molar-refractivity contribution in [1.29, 1.82) is 0 Å². The van der Waals surface area contributed by atoms with Gasteiger partial charge in [-0.3, -0.25) is 33.6 Å². The molecule has 3 atom stereocenters. The topological polar surface area (TPSA) is 165 Å². The number of carbonyl (C=O) groups is 3. The van der Waals surface area contributed by atoms with Crippen LogP contribution in [0.1, 0.15) is 101 Å². The van der Waals surface area contributed by atoms with Crippen molar-refractivity contribution in [3.8, 4) is 16.9 Å². The number of nitrogens with one attached hydrogen (secondary N) is 2. The molecular formula is C49H55FN8O6. The molecule has 3 unspecified atom stereocenters. The smallest absolute Gasteiger partial charge is 0.408 e. The summed E-state index contributed by atoms with van der Waals surface area (Å²) in [4.78, 5) is 77.1. The number of anilines is 1. The number of fused-ring (bicyclic) bond motifs is 1. The predicted molar refractivity (Wildman–Crippen MR) is 238 cm³/mol. The van der Waals surface area contributed by atoms with Crippen LogP contribution in [-0.2, 0) is 14.4 Å². The molecule has 2 aliphatic carbocycles. The Morgan fingerprint density at radius 2 is 1.73 bits per heavy atom. The maximum Gasteiger partial charge on any atom is 0.420 e. The minimum Gasteiger partial charge on any atom is -0.408 e. The summed E-state index contributed by atoms with van der Waals surface area (Å²) in [5, 5.41) is 5.76. The second kappa shape index (κ2) is 17.5. The van der Waals surface area contributed by atoms with E-state index < -0.39 is 23.5 Å². The number of aromatic nitrogens is 4. The van der Waals surface area contributed by atoms with Gasteiger partial charge in [0.05, 0.1) is 11.7 Å². The van der Waals surface area contributed by atoms with E-state index in [1.54, 1.807) is 42.6 Å². The van der Waals surface area contributed by atoms with Crippen molar-refractivity contribution in [2.24, 2.45) is 17.3 Å². The number of halogens is 1. The molecule has 5 aliphatic rings. The van der Waals surface area contributed by atoms with Crippen LogP contribution in [0.4, 0.5) is 10.3 Å². The van der Waals surface area contributed by atoms with E-state index in [1.807, 2.05) is 12.1 Å². The summed E-state index contributed by atoms with van der Waals surface area (Å²) in [7, 11) is 0. The van der Waals surface area contributed by atoms with Crippen LogP contribution in [0.25, 0.3) is 28.0 Å². The molecule has 3 saturated heterocycles. The Labute approximate surface area is 370 Å². The maximum atomic E-state index is 15.2. The van der Waals surface area contributed by atoms with Crippen molar-refractivity contribution >= 4 is 34.8 Å². The third-order valence-corrected chi connectivity index (χ3v) is 15.0. The van der Waals surface area contributed by atoms with Gasteiger partial charge in [-0.25, -0.2) is 19.2 Å². The van der Waals surface area contributed by atoms with Gasteiger partial charge in [0.25, 0.3) is 5.56 Å². The molecule has 3 aromatic heterocycles. The van der Waals surface area contributed by atoms with E-state index in [4.69, 9.17) is 4.42 Å². The Bertz CT molecular complexity index is 2690. The number of rotatable bonds is 11. The van der Waals surface area contributed by atoms with Crippen LogP contribution < -0.4 is 21.9 Å². The number of pyridine rings is 1. The lowest BCUT2D eigenvalue weighted by molar-refractivity contribution is -0.139. The average Bonchev–Trinajstić information content (AvgIpc) is 4.13. The molecule has 2 saturated carbocycles. The number of benzene rings is 2. The average molecular weight is 871 g/mol. The lowest BCUT2D eigenvalue weighted by Crippen LogP contribution is -2.48. The predicted octanol–water partition coefficient (Wildman–Crippen LogP) is 6.58.